The first-order chi connectivity index (χ1) is 14.2. The Hall–Kier alpha value is -3.06. The van der Waals surface area contributed by atoms with Gasteiger partial charge in [-0.2, -0.15) is 5.10 Å². The van der Waals surface area contributed by atoms with Crippen molar-refractivity contribution < 1.29 is 19.4 Å². The summed E-state index contributed by atoms with van der Waals surface area (Å²) >= 11 is 0. The van der Waals surface area contributed by atoms with E-state index < -0.39 is 13.3 Å². The van der Waals surface area contributed by atoms with Gasteiger partial charge in [-0.15, -0.1) is 0 Å². The zero-order valence-corrected chi connectivity index (χ0v) is 17.5. The Labute approximate surface area is 172 Å². The van der Waals surface area contributed by atoms with E-state index >= 15 is 0 Å². The monoisotopic (exact) mass is 427 g/mol. The summed E-state index contributed by atoms with van der Waals surface area (Å²) in [7, 11) is -3.80. The van der Waals surface area contributed by atoms with Crippen LogP contribution in [0.5, 0.6) is 11.5 Å². The summed E-state index contributed by atoms with van der Waals surface area (Å²) in [5, 5.41) is 17.2. The first-order valence-corrected chi connectivity index (χ1v) is 11.2. The Morgan fingerprint density at radius 2 is 2.03 bits per heavy atom. The van der Waals surface area contributed by atoms with E-state index in [1.807, 2.05) is 32.0 Å². The van der Waals surface area contributed by atoms with E-state index in [1.54, 1.807) is 6.07 Å². The largest absolute Gasteiger partial charge is 0.507 e. The number of fused-ring (bicyclic) bond motifs is 1. The lowest BCUT2D eigenvalue weighted by Gasteiger charge is -2.17. The van der Waals surface area contributed by atoms with Gasteiger partial charge in [0.15, 0.2) is 5.82 Å². The van der Waals surface area contributed by atoms with Crippen LogP contribution in [0.4, 0.5) is 0 Å². The SMILES string of the molecule is C=P(O)(O)Oc1cc(O)c(-c2n[nH]c(=O)n2-c2ccc3c(c2)C(C)=CC3)cc1CC. The molecule has 0 saturated heterocycles. The van der Waals surface area contributed by atoms with E-state index in [1.165, 1.54) is 16.2 Å². The Morgan fingerprint density at radius 3 is 2.73 bits per heavy atom. The third-order valence-electron chi connectivity index (χ3n) is 5.12. The normalized spacial score (nSPS) is 13.3. The number of nitrogens with zero attached hydrogens (tertiary/aromatic N) is 2. The van der Waals surface area contributed by atoms with Gasteiger partial charge in [0, 0.05) is 6.07 Å². The molecule has 8 nitrogen and oxygen atoms in total. The molecule has 1 heterocycles. The number of benzene rings is 2. The number of aryl methyl sites for hydroxylation is 1. The van der Waals surface area contributed by atoms with E-state index in [-0.39, 0.29) is 17.3 Å². The van der Waals surface area contributed by atoms with E-state index in [2.05, 4.69) is 22.6 Å². The van der Waals surface area contributed by atoms with Crippen molar-refractivity contribution in [2.45, 2.75) is 26.7 Å². The molecule has 0 spiro atoms. The highest BCUT2D eigenvalue weighted by Crippen LogP contribution is 2.43. The topological polar surface area (TPSA) is 121 Å². The number of aromatic nitrogens is 3. The first kappa shape index (κ1) is 20.2. The third-order valence-corrected chi connectivity index (χ3v) is 5.61. The summed E-state index contributed by atoms with van der Waals surface area (Å²) in [5.41, 5.74) is 4.54. The molecular weight excluding hydrogens is 405 g/mol. The molecule has 0 atom stereocenters. The van der Waals surface area contributed by atoms with Crippen LogP contribution in [0.3, 0.4) is 0 Å². The minimum Gasteiger partial charge on any atom is -0.507 e. The van der Waals surface area contributed by atoms with Gasteiger partial charge in [0.1, 0.15) is 11.5 Å². The molecule has 0 amide bonds. The number of hydrogen-bond acceptors (Lipinski definition) is 6. The van der Waals surface area contributed by atoms with Crippen molar-refractivity contribution in [1.82, 2.24) is 14.8 Å². The molecule has 1 aromatic heterocycles. The maximum atomic E-state index is 12.6. The van der Waals surface area contributed by atoms with Gasteiger partial charge < -0.3 is 19.4 Å². The quantitative estimate of drug-likeness (QED) is 0.465. The molecule has 0 unspecified atom stereocenters. The van der Waals surface area contributed by atoms with Crippen LogP contribution in [0.25, 0.3) is 22.6 Å². The highest BCUT2D eigenvalue weighted by atomic mass is 31.2. The molecule has 156 valence electrons. The van der Waals surface area contributed by atoms with Crippen molar-refractivity contribution in [2.75, 3.05) is 0 Å². The fraction of sp³-hybridized carbons (Fsp3) is 0.190. The molecule has 4 rings (SSSR count). The molecule has 4 N–H and O–H groups in total. The van der Waals surface area contributed by atoms with Gasteiger partial charge in [0.25, 0.3) is 7.57 Å². The summed E-state index contributed by atoms with van der Waals surface area (Å²) in [5.74, 6) is 0.143. The van der Waals surface area contributed by atoms with Gasteiger partial charge in [0.05, 0.1) is 11.3 Å². The number of phenols is 1. The van der Waals surface area contributed by atoms with Gasteiger partial charge in [-0.1, -0.05) is 19.1 Å². The number of allylic oxidation sites excluding steroid dienone is 2. The average molecular weight is 427 g/mol. The predicted molar refractivity (Wildman–Crippen MR) is 117 cm³/mol. The summed E-state index contributed by atoms with van der Waals surface area (Å²) in [6.07, 6.45) is 6.68. The molecule has 2 aromatic carbocycles. The van der Waals surface area contributed by atoms with Crippen LogP contribution < -0.4 is 10.2 Å². The van der Waals surface area contributed by atoms with Crippen LogP contribution in [-0.4, -0.2) is 36.0 Å². The molecule has 0 bridgehead atoms. The van der Waals surface area contributed by atoms with Crippen LogP contribution in [0.2, 0.25) is 0 Å². The van der Waals surface area contributed by atoms with Crippen molar-refractivity contribution in [2.24, 2.45) is 0 Å². The summed E-state index contributed by atoms with van der Waals surface area (Å²) in [6, 6.07) is 8.66. The fourth-order valence-corrected chi connectivity index (χ4v) is 4.14. The molecule has 1 aliphatic rings. The number of H-pyrrole nitrogens is 1. The van der Waals surface area contributed by atoms with Gasteiger partial charge in [-0.25, -0.2) is 14.5 Å². The van der Waals surface area contributed by atoms with Gasteiger partial charge in [0.2, 0.25) is 0 Å². The highest BCUT2D eigenvalue weighted by molar-refractivity contribution is 7.58. The van der Waals surface area contributed by atoms with Crippen LogP contribution in [-0.2, 0) is 12.8 Å². The fourth-order valence-electron chi connectivity index (χ4n) is 3.65. The van der Waals surface area contributed by atoms with Crippen LogP contribution in [0.1, 0.15) is 30.5 Å². The third kappa shape index (κ3) is 3.61. The maximum absolute atomic E-state index is 12.6. The lowest BCUT2D eigenvalue weighted by molar-refractivity contribution is 0.365. The lowest BCUT2D eigenvalue weighted by Crippen LogP contribution is -2.16. The zero-order valence-electron chi connectivity index (χ0n) is 16.6. The van der Waals surface area contributed by atoms with Crippen molar-refractivity contribution >= 4 is 19.4 Å². The van der Waals surface area contributed by atoms with E-state index in [0.29, 0.717) is 23.2 Å². The summed E-state index contributed by atoms with van der Waals surface area (Å²) in [6.45, 7) is 3.88. The second kappa shape index (κ2) is 7.32. The molecule has 3 aromatic rings. The summed E-state index contributed by atoms with van der Waals surface area (Å²) < 4.78 is 6.53. The van der Waals surface area contributed by atoms with Gasteiger partial charge in [-0.3, -0.25) is 0 Å². The first-order valence-electron chi connectivity index (χ1n) is 9.40. The molecule has 30 heavy (non-hydrogen) atoms. The van der Waals surface area contributed by atoms with Crippen LogP contribution in [0.15, 0.2) is 41.2 Å². The van der Waals surface area contributed by atoms with Crippen LogP contribution in [0, 0.1) is 0 Å². The van der Waals surface area contributed by atoms with Crippen molar-refractivity contribution in [3.63, 3.8) is 0 Å². The lowest BCUT2D eigenvalue weighted by atomic mass is 10.0. The highest BCUT2D eigenvalue weighted by Gasteiger charge is 2.21. The van der Waals surface area contributed by atoms with Gasteiger partial charge >= 0.3 is 5.69 Å². The molecule has 0 saturated carbocycles. The second-order valence-electron chi connectivity index (χ2n) is 7.21. The average Bonchev–Trinajstić information content (AvgIpc) is 3.23. The minimum absolute atomic E-state index is 0.120. The van der Waals surface area contributed by atoms with E-state index in [0.717, 1.165) is 17.6 Å². The maximum Gasteiger partial charge on any atom is 0.348 e. The Kier molecular flexibility index (Phi) is 4.94. The standard InChI is InChI=1S/C21H22N3O5P/c1-4-13-9-17(18(25)11-19(13)29-30(3,27)28)20-22-23-21(26)24(20)15-8-7-14-6-5-12(2)16(14)10-15/h5,7-11,25,27-28H,3-4,6H2,1-2H3,(H,23,26). The number of phenolic OH excluding ortho intramolecular Hbond substituents is 1. The molecule has 1 aliphatic carbocycles. The van der Waals surface area contributed by atoms with Crippen LogP contribution >= 0.6 is 7.57 Å². The zero-order chi connectivity index (χ0) is 21.6. The van der Waals surface area contributed by atoms with Crippen molar-refractivity contribution in [3.8, 4) is 28.6 Å². The smallest absolute Gasteiger partial charge is 0.348 e. The van der Waals surface area contributed by atoms with Crippen molar-refractivity contribution in [1.29, 1.82) is 0 Å². The number of hydrogen-bond donors (Lipinski definition) is 4. The van der Waals surface area contributed by atoms with E-state index in [9.17, 15) is 19.7 Å². The number of nitrogens with one attached hydrogen (secondary N) is 1. The number of aromatic hydroxyl groups is 1. The molecular formula is C21H22N3O5P. The van der Waals surface area contributed by atoms with Crippen molar-refractivity contribution in [3.05, 3.63) is 63.6 Å². The number of rotatable bonds is 5. The molecule has 0 aliphatic heterocycles. The molecule has 0 fully saturated rings. The Bertz CT molecular complexity index is 1280. The molecule has 9 heteroatoms. The number of aromatic amines is 1. The predicted octanol–water partition coefficient (Wildman–Crippen LogP) is 3.01. The molecule has 0 radical (unpaired) electrons. The van der Waals surface area contributed by atoms with Gasteiger partial charge in [-0.05, 0) is 66.5 Å². The Balaban J connectivity index is 1.86. The summed E-state index contributed by atoms with van der Waals surface area (Å²) in [4.78, 5) is 31.7. The minimum atomic E-state index is -3.80. The van der Waals surface area contributed by atoms with E-state index in [4.69, 9.17) is 4.52 Å². The second-order valence-corrected chi connectivity index (χ2v) is 8.72. The Morgan fingerprint density at radius 1 is 1.27 bits per heavy atom.